The molecule has 1 amide bonds. The van der Waals surface area contributed by atoms with Crippen molar-refractivity contribution >= 4 is 5.91 Å². The molecule has 0 saturated carbocycles. The number of nitrogens with one attached hydrogen (secondary N) is 1. The van der Waals surface area contributed by atoms with Crippen LogP contribution in [0.3, 0.4) is 0 Å². The second kappa shape index (κ2) is 9.52. The van der Waals surface area contributed by atoms with E-state index < -0.39 is 0 Å². The number of hydrogen-bond donors (Lipinski definition) is 1. The Labute approximate surface area is 171 Å². The molecule has 29 heavy (non-hydrogen) atoms. The number of piperazine rings is 1. The third kappa shape index (κ3) is 4.40. The second-order valence-corrected chi connectivity index (χ2v) is 6.91. The monoisotopic (exact) mass is 401 g/mol. The Morgan fingerprint density at radius 2 is 1.52 bits per heavy atom. The van der Waals surface area contributed by atoms with Gasteiger partial charge in [-0.3, -0.25) is 4.79 Å². The summed E-state index contributed by atoms with van der Waals surface area (Å²) in [6.07, 6.45) is 0. The van der Waals surface area contributed by atoms with Gasteiger partial charge in [0.1, 0.15) is 12.3 Å². The molecular formula is C22H29N2O5+. The molecule has 2 aromatic rings. The summed E-state index contributed by atoms with van der Waals surface area (Å²) >= 11 is 0. The van der Waals surface area contributed by atoms with Crippen LogP contribution in [0.4, 0.5) is 0 Å². The van der Waals surface area contributed by atoms with Gasteiger partial charge in [-0.25, -0.2) is 0 Å². The molecule has 3 rings (SSSR count). The summed E-state index contributed by atoms with van der Waals surface area (Å²) < 4.78 is 21.8. The number of amides is 1. The van der Waals surface area contributed by atoms with Crippen LogP contribution >= 0.6 is 0 Å². The molecule has 0 spiro atoms. The lowest BCUT2D eigenvalue weighted by Gasteiger charge is -2.32. The molecule has 0 atom stereocenters. The lowest BCUT2D eigenvalue weighted by molar-refractivity contribution is -0.917. The lowest BCUT2D eigenvalue weighted by atomic mass is 10.1. The number of nitrogens with zero attached hydrogens (tertiary/aromatic N) is 1. The predicted molar refractivity (Wildman–Crippen MR) is 109 cm³/mol. The second-order valence-electron chi connectivity index (χ2n) is 6.91. The van der Waals surface area contributed by atoms with Crippen LogP contribution in [0.25, 0.3) is 0 Å². The quantitative estimate of drug-likeness (QED) is 0.757. The van der Waals surface area contributed by atoms with Crippen LogP contribution in [0.1, 0.15) is 15.9 Å². The maximum atomic E-state index is 12.9. The van der Waals surface area contributed by atoms with Gasteiger partial charge in [-0.2, -0.15) is 0 Å². The topological polar surface area (TPSA) is 61.7 Å². The summed E-state index contributed by atoms with van der Waals surface area (Å²) in [5.74, 6) is 2.59. The predicted octanol–water partition coefficient (Wildman–Crippen LogP) is 1.26. The van der Waals surface area contributed by atoms with Crippen LogP contribution < -0.4 is 23.8 Å². The molecule has 1 saturated heterocycles. The van der Waals surface area contributed by atoms with E-state index >= 15 is 0 Å². The fraction of sp³-hybridized carbons (Fsp3) is 0.409. The first-order chi connectivity index (χ1) is 14.1. The van der Waals surface area contributed by atoms with Crippen molar-refractivity contribution in [3.63, 3.8) is 0 Å². The molecule has 1 aliphatic heterocycles. The van der Waals surface area contributed by atoms with Crippen molar-refractivity contribution in [2.45, 2.75) is 6.54 Å². The highest BCUT2D eigenvalue weighted by molar-refractivity contribution is 5.97. The summed E-state index contributed by atoms with van der Waals surface area (Å²) in [5, 5.41) is 0. The fourth-order valence-corrected chi connectivity index (χ4v) is 3.77. The third-order valence-electron chi connectivity index (χ3n) is 5.32. The smallest absolute Gasteiger partial charge is 0.258 e. The van der Waals surface area contributed by atoms with E-state index in [1.807, 2.05) is 41.3 Å². The molecule has 7 heteroatoms. The van der Waals surface area contributed by atoms with Gasteiger partial charge >= 0.3 is 0 Å². The number of methoxy groups -OCH3 is 4. The van der Waals surface area contributed by atoms with Crippen molar-refractivity contribution in [2.24, 2.45) is 0 Å². The standard InChI is InChI=1S/C22H28N2O5/c1-26-18-8-6-5-7-17(18)22(25)24-13-11-23(12-14-24)15-16-9-10-19(27-2)21(29-4)20(16)28-3/h5-10H,11-15H2,1-4H3/p+1. The highest BCUT2D eigenvalue weighted by Gasteiger charge is 2.27. The van der Waals surface area contributed by atoms with Crippen LogP contribution in [0.5, 0.6) is 23.0 Å². The number of rotatable bonds is 7. The molecule has 156 valence electrons. The van der Waals surface area contributed by atoms with E-state index in [1.54, 1.807) is 28.4 Å². The van der Waals surface area contributed by atoms with E-state index in [4.69, 9.17) is 18.9 Å². The van der Waals surface area contributed by atoms with E-state index in [1.165, 1.54) is 4.90 Å². The van der Waals surface area contributed by atoms with Gasteiger partial charge in [0.2, 0.25) is 5.75 Å². The number of ether oxygens (including phenoxy) is 4. The maximum Gasteiger partial charge on any atom is 0.258 e. The number of benzene rings is 2. The van der Waals surface area contributed by atoms with Gasteiger partial charge in [0.25, 0.3) is 5.91 Å². The van der Waals surface area contributed by atoms with Crippen LogP contribution in [0.15, 0.2) is 36.4 Å². The Balaban J connectivity index is 1.67. The van der Waals surface area contributed by atoms with Gasteiger partial charge < -0.3 is 28.7 Å². The minimum absolute atomic E-state index is 0.0187. The van der Waals surface area contributed by atoms with E-state index in [0.717, 1.165) is 25.2 Å². The molecular weight excluding hydrogens is 372 g/mol. The van der Waals surface area contributed by atoms with Gasteiger partial charge in [0.15, 0.2) is 11.5 Å². The molecule has 2 aromatic carbocycles. The summed E-state index contributed by atoms with van der Waals surface area (Å²) in [6, 6.07) is 11.3. The average Bonchev–Trinajstić information content (AvgIpc) is 2.78. The highest BCUT2D eigenvalue weighted by Crippen LogP contribution is 2.39. The van der Waals surface area contributed by atoms with E-state index in [2.05, 4.69) is 0 Å². The Hall–Kier alpha value is -2.93. The van der Waals surface area contributed by atoms with E-state index in [0.29, 0.717) is 41.7 Å². The molecule has 1 N–H and O–H groups in total. The molecule has 0 unspecified atom stereocenters. The third-order valence-corrected chi connectivity index (χ3v) is 5.32. The Kier molecular flexibility index (Phi) is 6.82. The molecule has 1 heterocycles. The van der Waals surface area contributed by atoms with Gasteiger partial charge in [0, 0.05) is 0 Å². The first-order valence-corrected chi connectivity index (χ1v) is 9.66. The van der Waals surface area contributed by atoms with Gasteiger partial charge in [-0.1, -0.05) is 12.1 Å². The zero-order chi connectivity index (χ0) is 20.8. The minimum atomic E-state index is 0.0187. The minimum Gasteiger partial charge on any atom is -0.496 e. The summed E-state index contributed by atoms with van der Waals surface area (Å²) in [4.78, 5) is 16.2. The first-order valence-electron chi connectivity index (χ1n) is 9.66. The molecule has 0 bridgehead atoms. The zero-order valence-electron chi connectivity index (χ0n) is 17.5. The van der Waals surface area contributed by atoms with Crippen molar-refractivity contribution in [1.29, 1.82) is 0 Å². The number of quaternary nitrogens is 1. The Bertz CT molecular complexity index is 847. The van der Waals surface area contributed by atoms with Crippen molar-refractivity contribution in [1.82, 2.24) is 4.90 Å². The van der Waals surface area contributed by atoms with Crippen LogP contribution in [0.2, 0.25) is 0 Å². The first kappa shape index (κ1) is 20.8. The van der Waals surface area contributed by atoms with Gasteiger partial charge in [0.05, 0.1) is 65.7 Å². The Morgan fingerprint density at radius 3 is 2.14 bits per heavy atom. The van der Waals surface area contributed by atoms with Crippen molar-refractivity contribution in [3.8, 4) is 23.0 Å². The average molecular weight is 401 g/mol. The van der Waals surface area contributed by atoms with Crippen LogP contribution in [0, 0.1) is 0 Å². The van der Waals surface area contributed by atoms with Crippen molar-refractivity contribution in [2.75, 3.05) is 54.6 Å². The summed E-state index contributed by atoms with van der Waals surface area (Å²) in [5.41, 5.74) is 1.67. The normalized spacial score (nSPS) is 14.4. The van der Waals surface area contributed by atoms with Crippen LogP contribution in [-0.2, 0) is 6.54 Å². The number of hydrogen-bond acceptors (Lipinski definition) is 5. The molecule has 7 nitrogen and oxygen atoms in total. The number of carbonyl (C=O) groups excluding carboxylic acids is 1. The summed E-state index contributed by atoms with van der Waals surface area (Å²) in [6.45, 7) is 3.90. The molecule has 0 aliphatic carbocycles. The summed E-state index contributed by atoms with van der Waals surface area (Å²) in [7, 11) is 6.45. The van der Waals surface area contributed by atoms with Gasteiger partial charge in [-0.15, -0.1) is 0 Å². The number of para-hydroxylation sites is 1. The molecule has 1 fully saturated rings. The number of carbonyl (C=O) groups is 1. The largest absolute Gasteiger partial charge is 0.496 e. The molecule has 1 aliphatic rings. The van der Waals surface area contributed by atoms with Crippen LogP contribution in [-0.4, -0.2) is 65.4 Å². The Morgan fingerprint density at radius 1 is 0.862 bits per heavy atom. The SMILES string of the molecule is COc1ccccc1C(=O)N1CC[NH+](Cc2ccc(OC)c(OC)c2OC)CC1. The molecule has 0 aromatic heterocycles. The lowest BCUT2D eigenvalue weighted by Crippen LogP contribution is -3.13. The zero-order valence-corrected chi connectivity index (χ0v) is 17.5. The van der Waals surface area contributed by atoms with Crippen molar-refractivity contribution < 1.29 is 28.6 Å². The maximum absolute atomic E-state index is 12.9. The highest BCUT2D eigenvalue weighted by atomic mass is 16.5. The fourth-order valence-electron chi connectivity index (χ4n) is 3.77. The van der Waals surface area contributed by atoms with E-state index in [9.17, 15) is 4.79 Å². The van der Waals surface area contributed by atoms with E-state index in [-0.39, 0.29) is 5.91 Å². The van der Waals surface area contributed by atoms with Gasteiger partial charge in [-0.05, 0) is 24.3 Å². The van der Waals surface area contributed by atoms with Crippen molar-refractivity contribution in [3.05, 3.63) is 47.5 Å². The molecule has 0 radical (unpaired) electrons.